The summed E-state index contributed by atoms with van der Waals surface area (Å²) in [5.41, 5.74) is 2.29. The van der Waals surface area contributed by atoms with Crippen LogP contribution in [0.5, 0.6) is 0 Å². The summed E-state index contributed by atoms with van der Waals surface area (Å²) in [7, 11) is -4.65. The minimum atomic E-state index is -4.65. The summed E-state index contributed by atoms with van der Waals surface area (Å²) >= 11 is 0. The van der Waals surface area contributed by atoms with Gasteiger partial charge in [-0.2, -0.15) is 8.78 Å². The molecule has 1 N–H and O–H groups in total. The maximum Gasteiger partial charge on any atom is 0.341 e. The molecule has 0 amide bonds. The topological polar surface area (TPSA) is 58.6 Å². The minimum Gasteiger partial charge on any atom is -0.380 e. The SMILES string of the molecule is O=S(=O)(c1ccccc1NCc1ccc(CN2CCOCC2)cc1)C(F)F. The van der Waals surface area contributed by atoms with Crippen LogP contribution < -0.4 is 5.32 Å². The van der Waals surface area contributed by atoms with Gasteiger partial charge in [-0.05, 0) is 23.3 Å². The van der Waals surface area contributed by atoms with Crippen molar-refractivity contribution < 1.29 is 21.9 Å². The van der Waals surface area contributed by atoms with Gasteiger partial charge in [-0.15, -0.1) is 0 Å². The Bertz CT molecular complexity index is 852. The van der Waals surface area contributed by atoms with Gasteiger partial charge in [0.25, 0.3) is 0 Å². The molecule has 0 spiro atoms. The molecule has 0 unspecified atom stereocenters. The summed E-state index contributed by atoms with van der Waals surface area (Å²) in [6.07, 6.45) is 0. The molecule has 1 fully saturated rings. The Balaban J connectivity index is 1.64. The highest BCUT2D eigenvalue weighted by molar-refractivity contribution is 7.91. The molecule has 146 valence electrons. The van der Waals surface area contributed by atoms with Crippen molar-refractivity contribution in [2.75, 3.05) is 31.6 Å². The molecule has 1 aliphatic heterocycles. The van der Waals surface area contributed by atoms with E-state index in [-0.39, 0.29) is 10.6 Å². The molecule has 0 aromatic heterocycles. The number of halogens is 2. The van der Waals surface area contributed by atoms with Gasteiger partial charge in [0, 0.05) is 26.2 Å². The van der Waals surface area contributed by atoms with Crippen LogP contribution >= 0.6 is 0 Å². The zero-order valence-corrected chi connectivity index (χ0v) is 15.6. The highest BCUT2D eigenvalue weighted by Crippen LogP contribution is 2.26. The molecule has 0 radical (unpaired) electrons. The number of nitrogens with one attached hydrogen (secondary N) is 1. The third-order valence-corrected chi connectivity index (χ3v) is 5.88. The van der Waals surface area contributed by atoms with Crippen molar-refractivity contribution in [1.29, 1.82) is 0 Å². The van der Waals surface area contributed by atoms with Gasteiger partial charge < -0.3 is 10.1 Å². The number of morpholine rings is 1. The summed E-state index contributed by atoms with van der Waals surface area (Å²) in [4.78, 5) is 1.94. The van der Waals surface area contributed by atoms with Crippen LogP contribution in [0.4, 0.5) is 14.5 Å². The number of rotatable bonds is 7. The Morgan fingerprint density at radius 1 is 1.00 bits per heavy atom. The van der Waals surface area contributed by atoms with Crippen LogP contribution in [0.3, 0.4) is 0 Å². The van der Waals surface area contributed by atoms with Gasteiger partial charge in [-0.1, -0.05) is 36.4 Å². The Kier molecular flexibility index (Phi) is 6.41. The van der Waals surface area contributed by atoms with E-state index in [2.05, 4.69) is 10.2 Å². The molecule has 1 heterocycles. The number of benzene rings is 2. The Morgan fingerprint density at radius 2 is 1.63 bits per heavy atom. The van der Waals surface area contributed by atoms with Crippen molar-refractivity contribution in [2.24, 2.45) is 0 Å². The van der Waals surface area contributed by atoms with Crippen molar-refractivity contribution in [1.82, 2.24) is 4.90 Å². The molecule has 0 bridgehead atoms. The van der Waals surface area contributed by atoms with E-state index in [1.54, 1.807) is 6.07 Å². The molecule has 8 heteroatoms. The van der Waals surface area contributed by atoms with E-state index >= 15 is 0 Å². The van der Waals surface area contributed by atoms with E-state index in [1.165, 1.54) is 23.8 Å². The highest BCUT2D eigenvalue weighted by Gasteiger charge is 2.28. The first-order valence-electron chi connectivity index (χ1n) is 8.70. The summed E-state index contributed by atoms with van der Waals surface area (Å²) in [5, 5.41) is 2.95. The summed E-state index contributed by atoms with van der Waals surface area (Å²) in [6.45, 7) is 4.53. The Morgan fingerprint density at radius 3 is 2.30 bits per heavy atom. The van der Waals surface area contributed by atoms with E-state index in [0.717, 1.165) is 38.4 Å². The predicted octanol–water partition coefficient (Wildman–Crippen LogP) is 3.13. The van der Waals surface area contributed by atoms with Crippen LogP contribution in [0.15, 0.2) is 53.4 Å². The predicted molar refractivity (Wildman–Crippen MR) is 99.5 cm³/mol. The Labute approximate surface area is 157 Å². The van der Waals surface area contributed by atoms with Crippen LogP contribution in [-0.4, -0.2) is 45.4 Å². The maximum atomic E-state index is 12.9. The number of para-hydroxylation sites is 1. The number of hydrogen-bond acceptors (Lipinski definition) is 5. The second kappa shape index (κ2) is 8.77. The molecule has 2 aromatic carbocycles. The van der Waals surface area contributed by atoms with Crippen molar-refractivity contribution in [3.8, 4) is 0 Å². The standard InChI is InChI=1S/C19H22F2N2O3S/c20-19(21)27(24,25)18-4-2-1-3-17(18)22-13-15-5-7-16(8-6-15)14-23-9-11-26-12-10-23/h1-8,19,22H,9-14H2. The van der Waals surface area contributed by atoms with Gasteiger partial charge in [0.1, 0.15) is 0 Å². The van der Waals surface area contributed by atoms with E-state index in [0.29, 0.717) is 6.54 Å². The van der Waals surface area contributed by atoms with E-state index < -0.39 is 15.6 Å². The molecule has 0 saturated carbocycles. The first kappa shape index (κ1) is 19.7. The second-order valence-corrected chi connectivity index (χ2v) is 8.25. The maximum absolute atomic E-state index is 12.9. The van der Waals surface area contributed by atoms with Crippen LogP contribution in [0.2, 0.25) is 0 Å². The van der Waals surface area contributed by atoms with Crippen molar-refractivity contribution >= 4 is 15.5 Å². The normalized spacial score (nSPS) is 15.8. The molecule has 1 saturated heterocycles. The van der Waals surface area contributed by atoms with Gasteiger partial charge in [0.05, 0.1) is 23.8 Å². The van der Waals surface area contributed by atoms with Gasteiger partial charge in [0.2, 0.25) is 9.84 Å². The van der Waals surface area contributed by atoms with Crippen LogP contribution in [0, 0.1) is 0 Å². The summed E-state index contributed by atoms with van der Waals surface area (Å²) < 4.78 is 54.6. The molecular weight excluding hydrogens is 374 g/mol. The van der Waals surface area contributed by atoms with Crippen LogP contribution in [-0.2, 0) is 27.7 Å². The zero-order valence-electron chi connectivity index (χ0n) is 14.8. The second-order valence-electron chi connectivity index (χ2n) is 6.36. The quantitative estimate of drug-likeness (QED) is 0.779. The molecule has 0 atom stereocenters. The largest absolute Gasteiger partial charge is 0.380 e. The molecule has 1 aliphatic rings. The number of anilines is 1. The number of ether oxygens (including phenoxy) is 1. The van der Waals surface area contributed by atoms with Gasteiger partial charge in [0.15, 0.2) is 0 Å². The molecule has 5 nitrogen and oxygen atoms in total. The van der Waals surface area contributed by atoms with Crippen LogP contribution in [0.25, 0.3) is 0 Å². The molecule has 3 rings (SSSR count). The van der Waals surface area contributed by atoms with Gasteiger partial charge >= 0.3 is 5.76 Å². The number of hydrogen-bond donors (Lipinski definition) is 1. The summed E-state index contributed by atoms with van der Waals surface area (Å²) in [5.74, 6) is -3.44. The van der Waals surface area contributed by atoms with E-state index in [9.17, 15) is 17.2 Å². The monoisotopic (exact) mass is 396 g/mol. The average molecular weight is 396 g/mol. The molecule has 2 aromatic rings. The Hall–Kier alpha value is -2.03. The van der Waals surface area contributed by atoms with E-state index in [1.807, 2.05) is 24.3 Å². The van der Waals surface area contributed by atoms with Gasteiger partial charge in [-0.3, -0.25) is 4.90 Å². The lowest BCUT2D eigenvalue weighted by Gasteiger charge is -2.26. The zero-order chi connectivity index (χ0) is 19.3. The van der Waals surface area contributed by atoms with Gasteiger partial charge in [-0.25, -0.2) is 8.42 Å². The number of alkyl halides is 2. The number of sulfone groups is 1. The minimum absolute atomic E-state index is 0.176. The first-order chi connectivity index (χ1) is 13.0. The fourth-order valence-corrected chi connectivity index (χ4v) is 3.84. The van der Waals surface area contributed by atoms with E-state index in [4.69, 9.17) is 4.74 Å². The number of nitrogens with zero attached hydrogens (tertiary/aromatic N) is 1. The molecular formula is C19H22F2N2O3S. The van der Waals surface area contributed by atoms with Crippen molar-refractivity contribution in [3.63, 3.8) is 0 Å². The summed E-state index contributed by atoms with van der Waals surface area (Å²) in [6, 6.07) is 13.7. The highest BCUT2D eigenvalue weighted by atomic mass is 32.2. The lowest BCUT2D eigenvalue weighted by Crippen LogP contribution is -2.35. The lowest BCUT2D eigenvalue weighted by atomic mass is 10.1. The van der Waals surface area contributed by atoms with Crippen molar-refractivity contribution in [2.45, 2.75) is 23.7 Å². The first-order valence-corrected chi connectivity index (χ1v) is 10.2. The van der Waals surface area contributed by atoms with Crippen LogP contribution in [0.1, 0.15) is 11.1 Å². The molecule has 0 aliphatic carbocycles. The fourth-order valence-electron chi connectivity index (χ4n) is 2.93. The third-order valence-electron chi connectivity index (χ3n) is 4.44. The molecule has 27 heavy (non-hydrogen) atoms. The average Bonchev–Trinajstić information content (AvgIpc) is 2.68. The smallest absolute Gasteiger partial charge is 0.341 e. The van der Waals surface area contributed by atoms with Crippen molar-refractivity contribution in [3.05, 3.63) is 59.7 Å². The third kappa shape index (κ3) is 5.03. The fraction of sp³-hybridized carbons (Fsp3) is 0.368. The lowest BCUT2D eigenvalue weighted by molar-refractivity contribution is 0.0342.